The maximum atomic E-state index is 5.43. The molecule has 148 valence electrons. The number of hydrogen-bond donors (Lipinski definition) is 1. The number of fused-ring (bicyclic) bond motifs is 1. The molecule has 0 amide bonds. The van der Waals surface area contributed by atoms with Crippen LogP contribution in [0.3, 0.4) is 0 Å². The lowest BCUT2D eigenvalue weighted by Gasteiger charge is -2.26. The Morgan fingerprint density at radius 3 is 2.66 bits per heavy atom. The zero-order chi connectivity index (χ0) is 19.6. The van der Waals surface area contributed by atoms with E-state index < -0.39 is 0 Å². The van der Waals surface area contributed by atoms with Crippen molar-refractivity contribution in [3.05, 3.63) is 60.4 Å². The van der Waals surface area contributed by atoms with E-state index in [9.17, 15) is 0 Å². The Morgan fingerprint density at radius 2 is 1.90 bits per heavy atom. The summed E-state index contributed by atoms with van der Waals surface area (Å²) in [6, 6.07) is 14.7. The summed E-state index contributed by atoms with van der Waals surface area (Å²) >= 11 is 0. The zero-order valence-electron chi connectivity index (χ0n) is 16.3. The molecule has 8 heteroatoms. The van der Waals surface area contributed by atoms with E-state index in [1.807, 2.05) is 29.9 Å². The highest BCUT2D eigenvalue weighted by Gasteiger charge is 2.12. The predicted molar refractivity (Wildman–Crippen MR) is 111 cm³/mol. The summed E-state index contributed by atoms with van der Waals surface area (Å²) in [6.45, 7) is 4.58. The molecule has 0 aliphatic carbocycles. The Labute approximate surface area is 168 Å². The summed E-state index contributed by atoms with van der Waals surface area (Å²) in [4.78, 5) is 7.01. The van der Waals surface area contributed by atoms with Crippen molar-refractivity contribution in [1.29, 1.82) is 0 Å². The average Bonchev–Trinajstić information content (AvgIpc) is 3.34. The second kappa shape index (κ2) is 7.65. The van der Waals surface area contributed by atoms with Crippen LogP contribution in [0.2, 0.25) is 0 Å². The molecule has 1 aromatic carbocycles. The molecule has 5 rings (SSSR count). The van der Waals surface area contributed by atoms with Crippen molar-refractivity contribution in [1.82, 2.24) is 29.3 Å². The minimum absolute atomic E-state index is 0.550. The maximum Gasteiger partial charge on any atom is 0.247 e. The van der Waals surface area contributed by atoms with Crippen LogP contribution < -0.4 is 5.32 Å². The number of benzene rings is 1. The van der Waals surface area contributed by atoms with Crippen LogP contribution in [0.1, 0.15) is 5.56 Å². The minimum atomic E-state index is 0.550. The van der Waals surface area contributed by atoms with Crippen molar-refractivity contribution in [3.8, 4) is 11.3 Å². The number of anilines is 2. The predicted octanol–water partition coefficient (Wildman–Crippen LogP) is 2.71. The van der Waals surface area contributed by atoms with Crippen molar-refractivity contribution in [3.63, 3.8) is 0 Å². The summed E-state index contributed by atoms with van der Waals surface area (Å²) in [5.74, 6) is 0.550. The second-order valence-corrected chi connectivity index (χ2v) is 7.23. The van der Waals surface area contributed by atoms with E-state index in [1.54, 1.807) is 10.9 Å². The van der Waals surface area contributed by atoms with E-state index in [2.05, 4.69) is 55.7 Å². The highest BCUT2D eigenvalue weighted by Crippen LogP contribution is 2.23. The van der Waals surface area contributed by atoms with E-state index in [0.29, 0.717) is 5.95 Å². The molecule has 0 atom stereocenters. The summed E-state index contributed by atoms with van der Waals surface area (Å²) in [7, 11) is 1.88. The third kappa shape index (κ3) is 3.85. The molecule has 1 saturated heterocycles. The molecule has 1 fully saturated rings. The van der Waals surface area contributed by atoms with Gasteiger partial charge >= 0.3 is 0 Å². The van der Waals surface area contributed by atoms with Gasteiger partial charge in [-0.15, -0.1) is 5.10 Å². The smallest absolute Gasteiger partial charge is 0.247 e. The third-order valence-electron chi connectivity index (χ3n) is 5.08. The fourth-order valence-corrected chi connectivity index (χ4v) is 3.59. The van der Waals surface area contributed by atoms with Gasteiger partial charge in [0.15, 0.2) is 5.65 Å². The second-order valence-electron chi connectivity index (χ2n) is 7.23. The number of pyridine rings is 1. The Kier molecular flexibility index (Phi) is 4.71. The van der Waals surface area contributed by atoms with Crippen LogP contribution in [0.15, 0.2) is 54.9 Å². The first-order chi connectivity index (χ1) is 14.2. The number of aryl methyl sites for hydroxylation is 1. The highest BCUT2D eigenvalue weighted by molar-refractivity contribution is 5.64. The van der Waals surface area contributed by atoms with Gasteiger partial charge in [-0.3, -0.25) is 9.58 Å². The average molecular weight is 389 g/mol. The van der Waals surface area contributed by atoms with Crippen molar-refractivity contribution in [2.75, 3.05) is 31.6 Å². The third-order valence-corrected chi connectivity index (χ3v) is 5.08. The molecular formula is C21H23N7O. The van der Waals surface area contributed by atoms with Gasteiger partial charge in [0.1, 0.15) is 0 Å². The van der Waals surface area contributed by atoms with Gasteiger partial charge in [0, 0.05) is 38.4 Å². The van der Waals surface area contributed by atoms with Crippen LogP contribution >= 0.6 is 0 Å². The van der Waals surface area contributed by atoms with Crippen molar-refractivity contribution in [2.45, 2.75) is 6.54 Å². The largest absolute Gasteiger partial charge is 0.379 e. The molecule has 3 aromatic heterocycles. The number of aromatic nitrogens is 5. The Bertz CT molecular complexity index is 1110. The van der Waals surface area contributed by atoms with Gasteiger partial charge in [-0.05, 0) is 17.7 Å². The first-order valence-electron chi connectivity index (χ1n) is 9.75. The standard InChI is InChI=1S/C21H23N7O/c1-26-15-18(13-22-26)23-21-24-20-4-2-3-19(28(20)25-21)17-7-5-16(6-8-17)14-27-9-11-29-12-10-27/h2-8,13,15H,9-12,14H2,1H3,(H,23,25). The van der Waals surface area contributed by atoms with Gasteiger partial charge in [0.25, 0.3) is 0 Å². The molecule has 0 unspecified atom stereocenters. The maximum absolute atomic E-state index is 5.43. The van der Waals surface area contributed by atoms with Crippen LogP contribution in [0, 0.1) is 0 Å². The van der Waals surface area contributed by atoms with Crippen LogP contribution in [0.4, 0.5) is 11.6 Å². The molecule has 1 aliphatic heterocycles. The molecule has 0 spiro atoms. The number of ether oxygens (including phenoxy) is 1. The van der Waals surface area contributed by atoms with Gasteiger partial charge in [0.05, 0.1) is 30.8 Å². The van der Waals surface area contributed by atoms with E-state index in [-0.39, 0.29) is 0 Å². The van der Waals surface area contributed by atoms with Crippen molar-refractivity contribution >= 4 is 17.3 Å². The van der Waals surface area contributed by atoms with E-state index in [4.69, 9.17) is 4.74 Å². The molecule has 29 heavy (non-hydrogen) atoms. The molecular weight excluding hydrogens is 366 g/mol. The molecule has 1 aliphatic rings. The van der Waals surface area contributed by atoms with Gasteiger partial charge in [-0.2, -0.15) is 10.1 Å². The minimum Gasteiger partial charge on any atom is -0.379 e. The Morgan fingerprint density at radius 1 is 1.07 bits per heavy atom. The zero-order valence-corrected chi connectivity index (χ0v) is 16.3. The van der Waals surface area contributed by atoms with Gasteiger partial charge < -0.3 is 10.1 Å². The first kappa shape index (κ1) is 17.8. The van der Waals surface area contributed by atoms with Crippen LogP contribution in [0.5, 0.6) is 0 Å². The van der Waals surface area contributed by atoms with E-state index in [0.717, 1.165) is 55.4 Å². The normalized spacial score (nSPS) is 15.1. The van der Waals surface area contributed by atoms with Gasteiger partial charge in [-0.1, -0.05) is 30.3 Å². The highest BCUT2D eigenvalue weighted by atomic mass is 16.5. The van der Waals surface area contributed by atoms with Crippen molar-refractivity contribution in [2.24, 2.45) is 7.05 Å². The van der Waals surface area contributed by atoms with Crippen LogP contribution in [-0.2, 0) is 18.3 Å². The van der Waals surface area contributed by atoms with E-state index in [1.165, 1.54) is 5.56 Å². The number of morpholine rings is 1. The Balaban J connectivity index is 1.39. The molecule has 4 heterocycles. The SMILES string of the molecule is Cn1cc(Nc2nc3cccc(-c4ccc(CN5CCOCC5)cc4)n3n2)cn1. The molecule has 4 aromatic rings. The molecule has 1 N–H and O–H groups in total. The summed E-state index contributed by atoms with van der Waals surface area (Å²) in [5.41, 5.74) is 5.08. The summed E-state index contributed by atoms with van der Waals surface area (Å²) in [6.07, 6.45) is 3.64. The lowest BCUT2D eigenvalue weighted by Crippen LogP contribution is -2.35. The van der Waals surface area contributed by atoms with E-state index >= 15 is 0 Å². The monoisotopic (exact) mass is 389 g/mol. The first-order valence-corrected chi connectivity index (χ1v) is 9.75. The molecule has 0 saturated carbocycles. The topological polar surface area (TPSA) is 72.5 Å². The number of nitrogens with zero attached hydrogens (tertiary/aromatic N) is 6. The fraction of sp³-hybridized carbons (Fsp3) is 0.286. The molecule has 0 bridgehead atoms. The van der Waals surface area contributed by atoms with Gasteiger partial charge in [-0.25, -0.2) is 4.52 Å². The summed E-state index contributed by atoms with van der Waals surface area (Å²) in [5, 5.41) is 12.0. The lowest BCUT2D eigenvalue weighted by molar-refractivity contribution is 0.0342. The fourth-order valence-electron chi connectivity index (χ4n) is 3.59. The molecule has 8 nitrogen and oxygen atoms in total. The summed E-state index contributed by atoms with van der Waals surface area (Å²) < 4.78 is 9.04. The van der Waals surface area contributed by atoms with Crippen molar-refractivity contribution < 1.29 is 4.74 Å². The number of rotatable bonds is 5. The molecule has 0 radical (unpaired) electrons. The van der Waals surface area contributed by atoms with Crippen LogP contribution in [0.25, 0.3) is 16.9 Å². The number of nitrogens with one attached hydrogen (secondary N) is 1. The number of hydrogen-bond acceptors (Lipinski definition) is 6. The quantitative estimate of drug-likeness (QED) is 0.566. The van der Waals surface area contributed by atoms with Crippen LogP contribution in [-0.4, -0.2) is 55.6 Å². The Hall–Kier alpha value is -3.23. The lowest BCUT2D eigenvalue weighted by atomic mass is 10.1. The van der Waals surface area contributed by atoms with Gasteiger partial charge in [0.2, 0.25) is 5.95 Å².